The second kappa shape index (κ2) is 7.15. The third-order valence-corrected chi connectivity index (χ3v) is 4.69. The van der Waals surface area contributed by atoms with E-state index in [0.717, 1.165) is 37.3 Å². The van der Waals surface area contributed by atoms with Crippen molar-refractivity contribution in [3.63, 3.8) is 0 Å². The van der Waals surface area contributed by atoms with Crippen LogP contribution in [0.2, 0.25) is 0 Å². The zero-order valence-corrected chi connectivity index (χ0v) is 15.1. The van der Waals surface area contributed by atoms with E-state index in [4.69, 9.17) is 8.83 Å². The summed E-state index contributed by atoms with van der Waals surface area (Å²) in [5.41, 5.74) is 1.83. The molecular formula is C20H18N6O2. The van der Waals surface area contributed by atoms with Crippen molar-refractivity contribution >= 4 is 12.0 Å². The quantitative estimate of drug-likeness (QED) is 0.539. The van der Waals surface area contributed by atoms with Crippen LogP contribution in [0.25, 0.3) is 22.9 Å². The summed E-state index contributed by atoms with van der Waals surface area (Å²) in [5, 5.41) is 16.7. The topological polar surface area (TPSA) is 84.3 Å². The SMILES string of the molecule is c1ccc(-c2nnc(N3CCN(c4nnc(-c5ccccc5)o4)CC3)o2)cc1. The molecular weight excluding hydrogens is 356 g/mol. The highest BCUT2D eigenvalue weighted by Crippen LogP contribution is 2.25. The molecule has 8 nitrogen and oxygen atoms in total. The third kappa shape index (κ3) is 3.20. The maximum Gasteiger partial charge on any atom is 0.318 e. The average molecular weight is 374 g/mol. The average Bonchev–Trinajstić information content (AvgIpc) is 3.46. The van der Waals surface area contributed by atoms with Crippen molar-refractivity contribution in [1.82, 2.24) is 20.4 Å². The van der Waals surface area contributed by atoms with E-state index in [1.165, 1.54) is 0 Å². The molecule has 0 bridgehead atoms. The Kier molecular flexibility index (Phi) is 4.21. The highest BCUT2D eigenvalue weighted by atomic mass is 16.4. The van der Waals surface area contributed by atoms with Crippen LogP contribution in [0.1, 0.15) is 0 Å². The molecule has 1 aliphatic rings. The van der Waals surface area contributed by atoms with Gasteiger partial charge < -0.3 is 18.6 Å². The van der Waals surface area contributed by atoms with Gasteiger partial charge in [0.05, 0.1) is 0 Å². The van der Waals surface area contributed by atoms with E-state index in [9.17, 15) is 0 Å². The number of piperazine rings is 1. The first-order valence-electron chi connectivity index (χ1n) is 9.14. The molecule has 0 radical (unpaired) electrons. The van der Waals surface area contributed by atoms with Crippen molar-refractivity contribution in [2.45, 2.75) is 0 Å². The highest BCUT2D eigenvalue weighted by Gasteiger charge is 2.24. The first-order valence-corrected chi connectivity index (χ1v) is 9.14. The maximum atomic E-state index is 5.85. The van der Waals surface area contributed by atoms with Crippen LogP contribution in [0.4, 0.5) is 12.0 Å². The van der Waals surface area contributed by atoms with Crippen LogP contribution in [-0.4, -0.2) is 46.6 Å². The molecule has 0 unspecified atom stereocenters. The Morgan fingerprint density at radius 2 is 0.929 bits per heavy atom. The van der Waals surface area contributed by atoms with E-state index in [0.29, 0.717) is 23.8 Å². The Balaban J connectivity index is 1.25. The van der Waals surface area contributed by atoms with Gasteiger partial charge in [0.2, 0.25) is 11.8 Å². The molecule has 2 aromatic heterocycles. The van der Waals surface area contributed by atoms with Crippen molar-refractivity contribution in [3.8, 4) is 22.9 Å². The van der Waals surface area contributed by atoms with Crippen LogP contribution in [0, 0.1) is 0 Å². The number of hydrogen-bond acceptors (Lipinski definition) is 8. The molecule has 28 heavy (non-hydrogen) atoms. The van der Waals surface area contributed by atoms with Gasteiger partial charge in [-0.15, -0.1) is 10.2 Å². The monoisotopic (exact) mass is 374 g/mol. The van der Waals surface area contributed by atoms with Crippen molar-refractivity contribution < 1.29 is 8.83 Å². The van der Waals surface area contributed by atoms with Crippen LogP contribution in [0.5, 0.6) is 0 Å². The number of aromatic nitrogens is 4. The molecule has 4 aromatic rings. The molecule has 0 N–H and O–H groups in total. The summed E-state index contributed by atoms with van der Waals surface area (Å²) >= 11 is 0. The fraction of sp³-hybridized carbons (Fsp3) is 0.200. The molecule has 1 saturated heterocycles. The van der Waals surface area contributed by atoms with Crippen LogP contribution < -0.4 is 9.80 Å². The Labute approximate surface area is 161 Å². The van der Waals surface area contributed by atoms with Crippen molar-refractivity contribution in [3.05, 3.63) is 60.7 Å². The Morgan fingerprint density at radius 3 is 1.32 bits per heavy atom. The third-order valence-electron chi connectivity index (χ3n) is 4.69. The second-order valence-electron chi connectivity index (χ2n) is 6.49. The van der Waals surface area contributed by atoms with Gasteiger partial charge in [-0.1, -0.05) is 46.6 Å². The molecule has 8 heteroatoms. The zero-order chi connectivity index (χ0) is 18.8. The summed E-state index contributed by atoms with van der Waals surface area (Å²) in [6.07, 6.45) is 0. The molecule has 3 heterocycles. The predicted octanol–water partition coefficient (Wildman–Crippen LogP) is 3.11. The fourth-order valence-corrected chi connectivity index (χ4v) is 3.17. The second-order valence-corrected chi connectivity index (χ2v) is 6.49. The van der Waals surface area contributed by atoms with E-state index in [-0.39, 0.29) is 0 Å². The van der Waals surface area contributed by atoms with Gasteiger partial charge in [-0.2, -0.15) is 0 Å². The Morgan fingerprint density at radius 1 is 0.536 bits per heavy atom. The molecule has 0 amide bonds. The molecule has 0 aliphatic carbocycles. The molecule has 0 atom stereocenters. The summed E-state index contributed by atoms with van der Waals surface area (Å²) in [7, 11) is 0. The van der Waals surface area contributed by atoms with Gasteiger partial charge in [0.25, 0.3) is 0 Å². The van der Waals surface area contributed by atoms with Gasteiger partial charge in [-0.05, 0) is 24.3 Å². The van der Waals surface area contributed by atoms with Gasteiger partial charge in [0, 0.05) is 37.3 Å². The van der Waals surface area contributed by atoms with Crippen molar-refractivity contribution in [2.24, 2.45) is 0 Å². The van der Waals surface area contributed by atoms with Gasteiger partial charge in [-0.3, -0.25) is 0 Å². The lowest BCUT2D eigenvalue weighted by Crippen LogP contribution is -2.46. The summed E-state index contributed by atoms with van der Waals surface area (Å²) in [6.45, 7) is 2.94. The first-order chi connectivity index (χ1) is 13.9. The summed E-state index contributed by atoms with van der Waals surface area (Å²) in [4.78, 5) is 4.15. The molecule has 0 spiro atoms. The van der Waals surface area contributed by atoms with Crippen molar-refractivity contribution in [2.75, 3.05) is 36.0 Å². The van der Waals surface area contributed by atoms with E-state index in [1.807, 2.05) is 60.7 Å². The van der Waals surface area contributed by atoms with E-state index in [2.05, 4.69) is 30.2 Å². The molecule has 2 aromatic carbocycles. The highest BCUT2D eigenvalue weighted by molar-refractivity contribution is 5.54. The van der Waals surface area contributed by atoms with Gasteiger partial charge in [0.1, 0.15) is 0 Å². The standard InChI is InChI=1S/C20H18N6O2/c1-3-7-15(8-4-1)17-21-23-19(27-17)25-11-13-26(14-12-25)20-24-22-18(28-20)16-9-5-2-6-10-16/h1-10H,11-14H2. The summed E-state index contributed by atoms with van der Waals surface area (Å²) < 4.78 is 11.7. The lowest BCUT2D eigenvalue weighted by molar-refractivity contribution is 0.495. The number of rotatable bonds is 4. The van der Waals surface area contributed by atoms with Crippen LogP contribution in [-0.2, 0) is 0 Å². The van der Waals surface area contributed by atoms with E-state index in [1.54, 1.807) is 0 Å². The lowest BCUT2D eigenvalue weighted by atomic mass is 10.2. The maximum absolute atomic E-state index is 5.85. The zero-order valence-electron chi connectivity index (χ0n) is 15.1. The molecule has 1 fully saturated rings. The summed E-state index contributed by atoms with van der Waals surface area (Å²) in [6, 6.07) is 20.6. The Bertz CT molecular complexity index is 953. The van der Waals surface area contributed by atoms with E-state index >= 15 is 0 Å². The van der Waals surface area contributed by atoms with Crippen LogP contribution in [0.15, 0.2) is 69.5 Å². The molecule has 5 rings (SSSR count). The van der Waals surface area contributed by atoms with Crippen LogP contribution >= 0.6 is 0 Å². The van der Waals surface area contributed by atoms with Gasteiger partial charge in [0.15, 0.2) is 0 Å². The smallest absolute Gasteiger partial charge is 0.318 e. The Hall–Kier alpha value is -3.68. The number of nitrogens with zero attached hydrogens (tertiary/aromatic N) is 6. The van der Waals surface area contributed by atoms with Gasteiger partial charge >= 0.3 is 12.0 Å². The lowest BCUT2D eigenvalue weighted by Gasteiger charge is -2.32. The fourth-order valence-electron chi connectivity index (χ4n) is 3.17. The summed E-state index contributed by atoms with van der Waals surface area (Å²) in [5.74, 6) is 1.06. The van der Waals surface area contributed by atoms with Crippen LogP contribution in [0.3, 0.4) is 0 Å². The minimum absolute atomic E-state index is 0.530. The number of hydrogen-bond donors (Lipinski definition) is 0. The first kappa shape index (κ1) is 16.5. The number of benzene rings is 2. The molecule has 140 valence electrons. The minimum atomic E-state index is 0.530. The van der Waals surface area contributed by atoms with E-state index < -0.39 is 0 Å². The molecule has 0 saturated carbocycles. The molecule has 1 aliphatic heterocycles. The predicted molar refractivity (Wildman–Crippen MR) is 104 cm³/mol. The minimum Gasteiger partial charge on any atom is -0.403 e. The normalized spacial score (nSPS) is 14.4. The number of anilines is 2. The van der Waals surface area contributed by atoms with Crippen molar-refractivity contribution in [1.29, 1.82) is 0 Å². The largest absolute Gasteiger partial charge is 0.403 e. The van der Waals surface area contributed by atoms with Gasteiger partial charge in [-0.25, -0.2) is 0 Å².